The first-order chi connectivity index (χ1) is 15.0. The summed E-state index contributed by atoms with van der Waals surface area (Å²) in [6.45, 7) is 3.76. The van der Waals surface area contributed by atoms with Crippen LogP contribution >= 0.6 is 0 Å². The molecule has 0 spiro atoms. The number of ether oxygens (including phenoxy) is 1. The normalized spacial score (nSPS) is 14.8. The largest absolute Gasteiger partial charge is 0.456 e. The van der Waals surface area contributed by atoms with Crippen LogP contribution < -0.4 is 0 Å². The number of amides is 1. The molecule has 1 aliphatic rings. The summed E-state index contributed by atoms with van der Waals surface area (Å²) in [5, 5.41) is 5.67. The van der Waals surface area contributed by atoms with E-state index >= 15 is 0 Å². The number of likely N-dealkylation sites (N-methyl/N-ethyl adjacent to an activating group) is 1. The Kier molecular flexibility index (Phi) is 6.20. The number of aromatic nitrogens is 3. The molecule has 31 heavy (non-hydrogen) atoms. The second kappa shape index (κ2) is 9.04. The molecule has 0 aliphatic heterocycles. The van der Waals surface area contributed by atoms with Gasteiger partial charge in [0.25, 0.3) is 5.91 Å². The van der Waals surface area contributed by atoms with Gasteiger partial charge in [0.1, 0.15) is 0 Å². The molecule has 7 heteroatoms. The molecule has 1 saturated carbocycles. The molecule has 0 unspecified atom stereocenters. The minimum atomic E-state index is -0.366. The molecule has 7 nitrogen and oxygen atoms in total. The Hall–Kier alpha value is -2.96. The lowest BCUT2D eigenvalue weighted by atomic mass is 9.94. The smallest absolute Gasteiger partial charge is 0.306 e. The SMILES string of the molecule is Cc1nc2c3ccccc3nn2c(C)c1CCC(=O)OCC(=O)N(C)C1CCCCC1. The number of aryl methyl sites for hydroxylation is 2. The van der Waals surface area contributed by atoms with Crippen LogP contribution in [0.5, 0.6) is 0 Å². The van der Waals surface area contributed by atoms with Crippen molar-refractivity contribution in [2.75, 3.05) is 13.7 Å². The number of benzene rings is 1. The van der Waals surface area contributed by atoms with Crippen LogP contribution in [0.3, 0.4) is 0 Å². The van der Waals surface area contributed by atoms with Gasteiger partial charge in [-0.15, -0.1) is 0 Å². The molecule has 2 aromatic heterocycles. The van der Waals surface area contributed by atoms with Crippen molar-refractivity contribution in [1.29, 1.82) is 0 Å². The standard InChI is InChI=1S/C24H30N4O3/c1-16-19(17(2)28-24(25-16)20-11-7-8-12-21(20)26-28)13-14-23(30)31-15-22(29)27(3)18-9-5-4-6-10-18/h7-8,11-12,18H,4-6,9-10,13-15H2,1-3H3. The number of carbonyl (C=O) groups excluding carboxylic acids is 2. The van der Waals surface area contributed by atoms with Crippen molar-refractivity contribution >= 4 is 28.4 Å². The lowest BCUT2D eigenvalue weighted by molar-refractivity contribution is -0.152. The van der Waals surface area contributed by atoms with E-state index in [4.69, 9.17) is 9.72 Å². The van der Waals surface area contributed by atoms with E-state index in [0.717, 1.165) is 59.2 Å². The second-order valence-electron chi connectivity index (χ2n) is 8.47. The molecule has 0 saturated heterocycles. The van der Waals surface area contributed by atoms with Crippen LogP contribution in [0, 0.1) is 13.8 Å². The molecule has 3 aromatic rings. The Morgan fingerprint density at radius 3 is 2.68 bits per heavy atom. The van der Waals surface area contributed by atoms with E-state index in [-0.39, 0.29) is 30.9 Å². The predicted molar refractivity (Wildman–Crippen MR) is 119 cm³/mol. The number of nitrogens with zero attached hydrogens (tertiary/aromatic N) is 4. The van der Waals surface area contributed by atoms with E-state index in [0.29, 0.717) is 6.42 Å². The van der Waals surface area contributed by atoms with Gasteiger partial charge in [-0.2, -0.15) is 5.10 Å². The third-order valence-electron chi connectivity index (χ3n) is 6.47. The summed E-state index contributed by atoms with van der Waals surface area (Å²) in [6.07, 6.45) is 6.33. The van der Waals surface area contributed by atoms with E-state index in [1.165, 1.54) is 6.42 Å². The summed E-state index contributed by atoms with van der Waals surface area (Å²) in [7, 11) is 1.81. The van der Waals surface area contributed by atoms with Gasteiger partial charge < -0.3 is 9.64 Å². The summed E-state index contributed by atoms with van der Waals surface area (Å²) >= 11 is 0. The number of rotatable bonds is 6. The average Bonchev–Trinajstić information content (AvgIpc) is 3.16. The zero-order chi connectivity index (χ0) is 22.0. The number of hydrogen-bond acceptors (Lipinski definition) is 5. The molecule has 164 valence electrons. The van der Waals surface area contributed by atoms with Crippen molar-refractivity contribution < 1.29 is 14.3 Å². The van der Waals surface area contributed by atoms with Crippen molar-refractivity contribution in [2.24, 2.45) is 0 Å². The molecule has 4 rings (SSSR count). The van der Waals surface area contributed by atoms with Crippen LogP contribution in [0.15, 0.2) is 24.3 Å². The van der Waals surface area contributed by atoms with Crippen molar-refractivity contribution in [2.45, 2.75) is 64.8 Å². The first-order valence-corrected chi connectivity index (χ1v) is 11.1. The Bertz CT molecular complexity index is 1110. The minimum Gasteiger partial charge on any atom is -0.456 e. The van der Waals surface area contributed by atoms with Crippen LogP contribution in [0.2, 0.25) is 0 Å². The van der Waals surface area contributed by atoms with Gasteiger partial charge in [0.2, 0.25) is 0 Å². The minimum absolute atomic E-state index is 0.126. The number of carbonyl (C=O) groups is 2. The molecule has 0 bridgehead atoms. The summed E-state index contributed by atoms with van der Waals surface area (Å²) in [5.74, 6) is -0.492. The highest BCUT2D eigenvalue weighted by Crippen LogP contribution is 2.23. The van der Waals surface area contributed by atoms with Crippen LogP contribution in [-0.4, -0.2) is 51.1 Å². The molecular weight excluding hydrogens is 392 g/mol. The maximum Gasteiger partial charge on any atom is 0.306 e. The summed E-state index contributed by atoms with van der Waals surface area (Å²) in [5.41, 5.74) is 4.57. The van der Waals surface area contributed by atoms with Gasteiger partial charge in [-0.1, -0.05) is 31.4 Å². The van der Waals surface area contributed by atoms with Gasteiger partial charge in [-0.05, 0) is 50.8 Å². The first kappa shape index (κ1) is 21.3. The number of hydrogen-bond donors (Lipinski definition) is 0. The third kappa shape index (κ3) is 4.40. The highest BCUT2D eigenvalue weighted by atomic mass is 16.5. The molecule has 1 aliphatic carbocycles. The molecule has 0 N–H and O–H groups in total. The van der Waals surface area contributed by atoms with Crippen LogP contribution in [0.25, 0.3) is 16.6 Å². The zero-order valence-electron chi connectivity index (χ0n) is 18.6. The molecule has 2 heterocycles. The van der Waals surface area contributed by atoms with Crippen molar-refractivity contribution in [3.05, 3.63) is 41.2 Å². The fraction of sp³-hybridized carbons (Fsp3) is 0.500. The van der Waals surface area contributed by atoms with Crippen LogP contribution in [-0.2, 0) is 20.7 Å². The first-order valence-electron chi connectivity index (χ1n) is 11.1. The molecule has 0 radical (unpaired) electrons. The van der Waals surface area contributed by atoms with Gasteiger partial charge in [0.05, 0.1) is 5.52 Å². The molecule has 0 atom stereocenters. The topological polar surface area (TPSA) is 76.8 Å². The van der Waals surface area contributed by atoms with Crippen molar-refractivity contribution in [3.8, 4) is 0 Å². The van der Waals surface area contributed by atoms with Gasteiger partial charge >= 0.3 is 5.97 Å². The van der Waals surface area contributed by atoms with Crippen molar-refractivity contribution in [1.82, 2.24) is 19.5 Å². The van der Waals surface area contributed by atoms with Crippen LogP contribution in [0.1, 0.15) is 55.5 Å². The number of esters is 1. The fourth-order valence-electron chi connectivity index (χ4n) is 4.55. The highest BCUT2D eigenvalue weighted by Gasteiger charge is 2.23. The van der Waals surface area contributed by atoms with E-state index in [9.17, 15) is 9.59 Å². The second-order valence-corrected chi connectivity index (χ2v) is 8.47. The van der Waals surface area contributed by atoms with Gasteiger partial charge in [0, 0.05) is 36.3 Å². The van der Waals surface area contributed by atoms with E-state index in [2.05, 4.69) is 5.10 Å². The predicted octanol–water partition coefficient (Wildman–Crippen LogP) is 3.77. The molecule has 1 fully saturated rings. The molecular formula is C24H30N4O3. The van der Waals surface area contributed by atoms with Crippen molar-refractivity contribution in [3.63, 3.8) is 0 Å². The van der Waals surface area contributed by atoms with Gasteiger partial charge in [-0.3, -0.25) is 9.59 Å². The maximum atomic E-state index is 12.4. The molecule has 1 aromatic carbocycles. The van der Waals surface area contributed by atoms with Gasteiger partial charge in [-0.25, -0.2) is 9.50 Å². The highest BCUT2D eigenvalue weighted by molar-refractivity contribution is 5.92. The number of fused-ring (bicyclic) bond motifs is 3. The third-order valence-corrected chi connectivity index (χ3v) is 6.47. The summed E-state index contributed by atoms with van der Waals surface area (Å²) < 4.78 is 7.13. The van der Waals surface area contributed by atoms with Crippen LogP contribution in [0.4, 0.5) is 0 Å². The fourth-order valence-corrected chi connectivity index (χ4v) is 4.55. The summed E-state index contributed by atoms with van der Waals surface area (Å²) in [4.78, 5) is 31.2. The monoisotopic (exact) mass is 422 g/mol. The lowest BCUT2D eigenvalue weighted by Gasteiger charge is -2.31. The van der Waals surface area contributed by atoms with E-state index in [1.54, 1.807) is 4.90 Å². The van der Waals surface area contributed by atoms with Gasteiger partial charge in [0.15, 0.2) is 12.3 Å². The molecule has 1 amide bonds. The maximum absolute atomic E-state index is 12.4. The zero-order valence-corrected chi connectivity index (χ0v) is 18.6. The Balaban J connectivity index is 1.38. The quantitative estimate of drug-likeness (QED) is 0.565. The lowest BCUT2D eigenvalue weighted by Crippen LogP contribution is -2.40. The Morgan fingerprint density at radius 1 is 1.16 bits per heavy atom. The average molecular weight is 423 g/mol. The van der Waals surface area contributed by atoms with E-state index in [1.807, 2.05) is 49.7 Å². The Morgan fingerprint density at radius 2 is 1.90 bits per heavy atom. The van der Waals surface area contributed by atoms with E-state index < -0.39 is 0 Å². The Labute approximate surface area is 182 Å². The summed E-state index contributed by atoms with van der Waals surface area (Å²) in [6, 6.07) is 8.19.